The van der Waals surface area contributed by atoms with Gasteiger partial charge in [-0.2, -0.15) is 0 Å². The quantitative estimate of drug-likeness (QED) is 0.793. The molecule has 3 rings (SSSR count). The molecule has 1 aromatic rings. The van der Waals surface area contributed by atoms with Crippen molar-refractivity contribution in [2.75, 3.05) is 18.4 Å². The number of ether oxygens (including phenoxy) is 1. The van der Waals surface area contributed by atoms with E-state index in [0.29, 0.717) is 5.92 Å². The average Bonchev–Trinajstić information content (AvgIpc) is 2.61. The van der Waals surface area contributed by atoms with Crippen molar-refractivity contribution in [3.05, 3.63) is 24.3 Å². The number of benzene rings is 1. The lowest BCUT2D eigenvalue weighted by molar-refractivity contribution is -0.116. The molecule has 0 bridgehead atoms. The summed E-state index contributed by atoms with van der Waals surface area (Å²) in [6, 6.07) is 7.98. The summed E-state index contributed by atoms with van der Waals surface area (Å²) in [7, 11) is 0. The molecular weight excluding hydrogens is 360 g/mol. The second kappa shape index (κ2) is 8.55. The average molecular weight is 391 g/mol. The molecule has 0 radical (unpaired) electrons. The Hall–Kier alpha value is -1.69. The van der Waals surface area contributed by atoms with E-state index < -0.39 is 5.60 Å². The Balaban J connectivity index is 1.39. The maximum atomic E-state index is 12.3. The highest BCUT2D eigenvalue weighted by molar-refractivity contribution is 8.01. The highest BCUT2D eigenvalue weighted by Gasteiger charge is 2.29. The highest BCUT2D eigenvalue weighted by Crippen LogP contribution is 2.37. The van der Waals surface area contributed by atoms with Crippen molar-refractivity contribution in [1.82, 2.24) is 4.90 Å². The van der Waals surface area contributed by atoms with Gasteiger partial charge in [-0.15, -0.1) is 11.8 Å². The Kier molecular flexibility index (Phi) is 6.35. The summed E-state index contributed by atoms with van der Waals surface area (Å²) in [5.41, 5.74) is 0.489. The van der Waals surface area contributed by atoms with E-state index >= 15 is 0 Å². The number of hydrogen-bond donors (Lipinski definition) is 1. The van der Waals surface area contributed by atoms with Crippen LogP contribution in [0.5, 0.6) is 0 Å². The number of fused-ring (bicyclic) bond motifs is 1. The van der Waals surface area contributed by atoms with Crippen LogP contribution in [0.15, 0.2) is 29.2 Å². The third kappa shape index (κ3) is 5.64. The van der Waals surface area contributed by atoms with Gasteiger partial charge in [0.15, 0.2) is 0 Å². The van der Waals surface area contributed by atoms with Crippen LogP contribution in [0.4, 0.5) is 10.5 Å². The fourth-order valence-corrected chi connectivity index (χ4v) is 4.77. The van der Waals surface area contributed by atoms with E-state index in [4.69, 9.17) is 4.74 Å². The van der Waals surface area contributed by atoms with Crippen molar-refractivity contribution < 1.29 is 14.3 Å². The van der Waals surface area contributed by atoms with Gasteiger partial charge in [-0.1, -0.05) is 25.0 Å². The topological polar surface area (TPSA) is 58.6 Å². The van der Waals surface area contributed by atoms with Crippen molar-refractivity contribution in [3.63, 3.8) is 0 Å². The lowest BCUT2D eigenvalue weighted by Gasteiger charge is -2.33. The van der Waals surface area contributed by atoms with E-state index in [-0.39, 0.29) is 17.3 Å². The third-order valence-electron chi connectivity index (χ3n) is 5.05. The molecule has 1 fully saturated rings. The summed E-state index contributed by atoms with van der Waals surface area (Å²) in [6.45, 7) is 7.23. The highest BCUT2D eigenvalue weighted by atomic mass is 32.2. The van der Waals surface area contributed by atoms with E-state index in [9.17, 15) is 9.59 Å². The van der Waals surface area contributed by atoms with Crippen LogP contribution in [0, 0.1) is 5.92 Å². The normalized spacial score (nSPS) is 20.8. The third-order valence-corrected chi connectivity index (χ3v) is 6.40. The number of anilines is 1. The Labute approximate surface area is 166 Å². The number of rotatable bonds is 4. The Bertz CT molecular complexity index is 678. The van der Waals surface area contributed by atoms with Crippen molar-refractivity contribution in [2.24, 2.45) is 5.92 Å². The summed E-state index contributed by atoms with van der Waals surface area (Å²) in [5.74, 6) is 0.756. The summed E-state index contributed by atoms with van der Waals surface area (Å²) in [5, 5.41) is 3.02. The monoisotopic (exact) mass is 390 g/mol. The standard InChI is InChI=1S/C21H30N2O3S/c1-21(2,3)26-20(25)23-13-11-15(12-14-23)7-6-10-18-19(24)22-16-8-4-5-9-17(16)27-18/h4-5,8-9,15,18H,6-7,10-14H2,1-3H3,(H,22,24). The summed E-state index contributed by atoms with van der Waals surface area (Å²) < 4.78 is 5.45. The van der Waals surface area contributed by atoms with Crippen molar-refractivity contribution in [1.29, 1.82) is 0 Å². The van der Waals surface area contributed by atoms with Crippen molar-refractivity contribution >= 4 is 29.4 Å². The molecule has 2 aliphatic heterocycles. The number of carbonyl (C=O) groups is 2. The molecule has 148 valence electrons. The number of hydrogen-bond acceptors (Lipinski definition) is 4. The first kappa shape index (κ1) is 20.1. The molecule has 0 aromatic heterocycles. The smallest absolute Gasteiger partial charge is 0.410 e. The van der Waals surface area contributed by atoms with Gasteiger partial charge in [0.1, 0.15) is 5.60 Å². The van der Waals surface area contributed by atoms with Gasteiger partial charge in [-0.25, -0.2) is 4.79 Å². The zero-order valence-corrected chi connectivity index (χ0v) is 17.3. The van der Waals surface area contributed by atoms with E-state index in [1.807, 2.05) is 43.9 Å². The number of para-hydroxylation sites is 1. The molecule has 2 amide bonds. The number of carbonyl (C=O) groups excluding carboxylic acids is 2. The first-order valence-electron chi connectivity index (χ1n) is 9.86. The van der Waals surface area contributed by atoms with Crippen LogP contribution in [-0.2, 0) is 9.53 Å². The Morgan fingerprint density at radius 1 is 1.22 bits per heavy atom. The Morgan fingerprint density at radius 3 is 2.63 bits per heavy atom. The lowest BCUT2D eigenvalue weighted by atomic mass is 9.91. The van der Waals surface area contributed by atoms with E-state index in [0.717, 1.165) is 55.8 Å². The maximum absolute atomic E-state index is 12.3. The molecule has 1 unspecified atom stereocenters. The maximum Gasteiger partial charge on any atom is 0.410 e. The molecule has 5 nitrogen and oxygen atoms in total. The van der Waals surface area contributed by atoms with Crippen LogP contribution in [0.1, 0.15) is 52.9 Å². The molecular formula is C21H30N2O3S. The zero-order chi connectivity index (χ0) is 19.4. The summed E-state index contributed by atoms with van der Waals surface area (Å²) in [6.07, 6.45) is 4.91. The van der Waals surface area contributed by atoms with Crippen LogP contribution in [0.25, 0.3) is 0 Å². The van der Waals surface area contributed by atoms with E-state index in [1.54, 1.807) is 11.8 Å². The van der Waals surface area contributed by atoms with Crippen LogP contribution in [-0.4, -0.2) is 40.8 Å². The lowest BCUT2D eigenvalue weighted by Crippen LogP contribution is -2.41. The zero-order valence-electron chi connectivity index (χ0n) is 16.5. The predicted molar refractivity (Wildman–Crippen MR) is 109 cm³/mol. The van der Waals surface area contributed by atoms with Crippen molar-refractivity contribution in [2.45, 2.75) is 68.6 Å². The molecule has 0 spiro atoms. The van der Waals surface area contributed by atoms with Gasteiger partial charge in [-0.05, 0) is 58.1 Å². The van der Waals surface area contributed by atoms with Crippen molar-refractivity contribution in [3.8, 4) is 0 Å². The molecule has 1 atom stereocenters. The first-order chi connectivity index (χ1) is 12.8. The minimum Gasteiger partial charge on any atom is -0.444 e. The van der Waals surface area contributed by atoms with E-state index in [1.165, 1.54) is 0 Å². The molecule has 1 aromatic carbocycles. The second-order valence-electron chi connectivity index (χ2n) is 8.43. The molecule has 27 heavy (non-hydrogen) atoms. The van der Waals surface area contributed by atoms with Gasteiger partial charge >= 0.3 is 6.09 Å². The number of likely N-dealkylation sites (tertiary alicyclic amines) is 1. The number of amides is 2. The molecule has 2 heterocycles. The minimum absolute atomic E-state index is 0.00162. The molecule has 1 N–H and O–H groups in total. The largest absolute Gasteiger partial charge is 0.444 e. The van der Waals surface area contributed by atoms with Gasteiger partial charge in [0, 0.05) is 18.0 Å². The summed E-state index contributed by atoms with van der Waals surface area (Å²) >= 11 is 1.68. The Morgan fingerprint density at radius 2 is 1.93 bits per heavy atom. The van der Waals surface area contributed by atoms with Gasteiger partial charge in [0.25, 0.3) is 0 Å². The fraction of sp³-hybridized carbons (Fsp3) is 0.619. The summed E-state index contributed by atoms with van der Waals surface area (Å²) in [4.78, 5) is 27.4. The number of piperidine rings is 1. The SMILES string of the molecule is CC(C)(C)OC(=O)N1CCC(CCCC2Sc3ccccc3NC2=O)CC1. The van der Waals surface area contributed by atoms with Gasteiger partial charge < -0.3 is 15.0 Å². The fourth-order valence-electron chi connectivity index (χ4n) is 3.61. The van der Waals surface area contributed by atoms with Crippen LogP contribution >= 0.6 is 11.8 Å². The van der Waals surface area contributed by atoms with Gasteiger partial charge in [0.2, 0.25) is 5.91 Å². The number of nitrogens with one attached hydrogen (secondary N) is 1. The second-order valence-corrected chi connectivity index (χ2v) is 9.68. The molecule has 6 heteroatoms. The van der Waals surface area contributed by atoms with Crippen LogP contribution in [0.2, 0.25) is 0 Å². The number of thioether (sulfide) groups is 1. The molecule has 0 aliphatic carbocycles. The van der Waals surface area contributed by atoms with Gasteiger partial charge in [0.05, 0.1) is 10.9 Å². The molecule has 1 saturated heterocycles. The van der Waals surface area contributed by atoms with Crippen LogP contribution in [0.3, 0.4) is 0 Å². The minimum atomic E-state index is -0.440. The molecule has 2 aliphatic rings. The van der Waals surface area contributed by atoms with Gasteiger partial charge in [-0.3, -0.25) is 4.79 Å². The van der Waals surface area contributed by atoms with E-state index in [2.05, 4.69) is 11.4 Å². The number of nitrogens with zero attached hydrogens (tertiary/aromatic N) is 1. The van der Waals surface area contributed by atoms with Crippen LogP contribution < -0.4 is 5.32 Å². The predicted octanol–water partition coefficient (Wildman–Crippen LogP) is 4.92. The molecule has 0 saturated carbocycles. The first-order valence-corrected chi connectivity index (χ1v) is 10.7.